The van der Waals surface area contributed by atoms with Crippen molar-refractivity contribution in [2.75, 3.05) is 33.3 Å². The van der Waals surface area contributed by atoms with E-state index >= 15 is 0 Å². The maximum Gasteiger partial charge on any atom is 0.339 e. The number of carbonyl (C=O) groups is 3. The fourth-order valence-electron chi connectivity index (χ4n) is 2.23. The third-order valence-electron chi connectivity index (χ3n) is 3.52. The zero-order chi connectivity index (χ0) is 19.8. The summed E-state index contributed by atoms with van der Waals surface area (Å²) in [4.78, 5) is 36.0. The molecule has 8 nitrogen and oxygen atoms in total. The van der Waals surface area contributed by atoms with Crippen molar-refractivity contribution in [3.63, 3.8) is 0 Å². The lowest BCUT2D eigenvalue weighted by molar-refractivity contribution is -0.119. The summed E-state index contributed by atoms with van der Waals surface area (Å²) in [7, 11) is 4.18. The van der Waals surface area contributed by atoms with Crippen molar-refractivity contribution in [3.05, 3.63) is 53.6 Å². The van der Waals surface area contributed by atoms with Crippen molar-refractivity contribution >= 4 is 23.5 Å². The lowest BCUT2D eigenvalue weighted by Crippen LogP contribution is -2.22. The van der Waals surface area contributed by atoms with Gasteiger partial charge in [-0.15, -0.1) is 0 Å². The summed E-state index contributed by atoms with van der Waals surface area (Å²) in [6, 6.07) is 10.9. The van der Waals surface area contributed by atoms with E-state index in [4.69, 9.17) is 14.2 Å². The number of esters is 2. The Labute approximate surface area is 156 Å². The molecule has 0 saturated heterocycles. The van der Waals surface area contributed by atoms with Gasteiger partial charge in [0.25, 0.3) is 5.91 Å². The number of carbonyl (C=O) groups excluding carboxylic acids is 3. The second kappa shape index (κ2) is 9.23. The Balaban J connectivity index is 2.02. The van der Waals surface area contributed by atoms with Crippen molar-refractivity contribution in [2.45, 2.75) is 0 Å². The summed E-state index contributed by atoms with van der Waals surface area (Å²) < 4.78 is 19.9. The van der Waals surface area contributed by atoms with Crippen LogP contribution in [0.15, 0.2) is 42.5 Å². The molecule has 27 heavy (non-hydrogen) atoms. The largest absolute Gasteiger partial charge is 0.497 e. The van der Waals surface area contributed by atoms with Gasteiger partial charge in [-0.2, -0.15) is 0 Å². The zero-order valence-electron chi connectivity index (χ0n) is 15.1. The molecule has 0 bridgehead atoms. The minimum absolute atomic E-state index is 0.0141. The Hall–Kier alpha value is -3.55. The Morgan fingerprint density at radius 3 is 1.93 bits per heavy atom. The molecule has 1 amide bonds. The van der Waals surface area contributed by atoms with Gasteiger partial charge in [0.05, 0.1) is 32.5 Å². The summed E-state index contributed by atoms with van der Waals surface area (Å²) >= 11 is 0. The van der Waals surface area contributed by atoms with Gasteiger partial charge >= 0.3 is 11.9 Å². The maximum atomic E-state index is 12.2. The average Bonchev–Trinajstić information content (AvgIpc) is 2.70. The van der Waals surface area contributed by atoms with Crippen LogP contribution in [-0.4, -0.2) is 45.8 Å². The molecule has 0 fully saturated rings. The van der Waals surface area contributed by atoms with Gasteiger partial charge in [-0.1, -0.05) is 12.1 Å². The summed E-state index contributed by atoms with van der Waals surface area (Å²) in [5.74, 6) is -1.05. The zero-order valence-corrected chi connectivity index (χ0v) is 15.1. The van der Waals surface area contributed by atoms with Crippen molar-refractivity contribution in [3.8, 4) is 11.5 Å². The van der Waals surface area contributed by atoms with Crippen molar-refractivity contribution in [1.29, 1.82) is 0 Å². The molecule has 0 aromatic heterocycles. The molecule has 0 saturated carbocycles. The van der Waals surface area contributed by atoms with E-state index in [-0.39, 0.29) is 11.1 Å². The van der Waals surface area contributed by atoms with E-state index < -0.39 is 24.5 Å². The van der Waals surface area contributed by atoms with Crippen LogP contribution in [0, 0.1) is 0 Å². The Bertz CT molecular complexity index is 825. The van der Waals surface area contributed by atoms with Crippen molar-refractivity contribution in [1.82, 2.24) is 0 Å². The quantitative estimate of drug-likeness (QED) is 0.743. The van der Waals surface area contributed by atoms with Gasteiger partial charge in [0.1, 0.15) is 11.5 Å². The van der Waals surface area contributed by atoms with Gasteiger partial charge in [0.2, 0.25) is 0 Å². The first kappa shape index (κ1) is 19.8. The van der Waals surface area contributed by atoms with Crippen LogP contribution < -0.4 is 14.8 Å². The van der Waals surface area contributed by atoms with Crippen molar-refractivity contribution in [2.24, 2.45) is 0 Å². The smallest absolute Gasteiger partial charge is 0.339 e. The van der Waals surface area contributed by atoms with Gasteiger partial charge in [0, 0.05) is 23.9 Å². The molecular weight excluding hydrogens is 354 g/mol. The third kappa shape index (κ3) is 5.21. The van der Waals surface area contributed by atoms with E-state index in [2.05, 4.69) is 10.1 Å². The van der Waals surface area contributed by atoms with E-state index in [9.17, 15) is 14.4 Å². The minimum Gasteiger partial charge on any atom is -0.497 e. The minimum atomic E-state index is -0.811. The predicted molar refractivity (Wildman–Crippen MR) is 96.2 cm³/mol. The molecule has 2 aromatic rings. The topological polar surface area (TPSA) is 100 Å². The van der Waals surface area contributed by atoms with Crippen molar-refractivity contribution < 1.29 is 33.3 Å². The summed E-state index contributed by atoms with van der Waals surface area (Å²) in [5, 5.41) is 2.58. The van der Waals surface area contributed by atoms with Gasteiger partial charge in [-0.3, -0.25) is 4.79 Å². The van der Waals surface area contributed by atoms with Crippen LogP contribution in [0.25, 0.3) is 0 Å². The lowest BCUT2D eigenvalue weighted by Gasteiger charge is -2.11. The average molecular weight is 373 g/mol. The number of hydrogen-bond acceptors (Lipinski definition) is 7. The van der Waals surface area contributed by atoms with Crippen LogP contribution >= 0.6 is 0 Å². The molecular formula is C19H19NO7. The summed E-state index contributed by atoms with van der Waals surface area (Å²) in [6.07, 6.45) is 0. The Morgan fingerprint density at radius 2 is 1.41 bits per heavy atom. The highest BCUT2D eigenvalue weighted by Gasteiger charge is 2.19. The molecule has 0 atom stereocenters. The molecule has 0 aliphatic carbocycles. The molecule has 0 unspecified atom stereocenters. The molecule has 0 aliphatic heterocycles. The normalized spacial score (nSPS) is 9.89. The number of benzene rings is 2. The Morgan fingerprint density at radius 1 is 0.852 bits per heavy atom. The lowest BCUT2D eigenvalue weighted by atomic mass is 10.1. The monoisotopic (exact) mass is 373 g/mol. The molecule has 0 aliphatic rings. The fourth-order valence-corrected chi connectivity index (χ4v) is 2.23. The number of ether oxygens (including phenoxy) is 4. The molecule has 142 valence electrons. The summed E-state index contributed by atoms with van der Waals surface area (Å²) in [5.41, 5.74) is 0.491. The molecule has 2 aromatic carbocycles. The van der Waals surface area contributed by atoms with Gasteiger partial charge < -0.3 is 24.3 Å². The van der Waals surface area contributed by atoms with Crippen LogP contribution in [0.5, 0.6) is 11.5 Å². The highest BCUT2D eigenvalue weighted by Crippen LogP contribution is 2.25. The van der Waals surface area contributed by atoms with Gasteiger partial charge in [-0.05, 0) is 12.1 Å². The second-order valence-electron chi connectivity index (χ2n) is 5.26. The van der Waals surface area contributed by atoms with E-state index in [0.717, 1.165) is 0 Å². The summed E-state index contributed by atoms with van der Waals surface area (Å²) in [6.45, 7) is -0.534. The predicted octanol–water partition coefficient (Wildman–Crippen LogP) is 2.29. The van der Waals surface area contributed by atoms with E-state index in [1.807, 2.05) is 0 Å². The molecule has 1 N–H and O–H groups in total. The SMILES string of the molecule is COC(=O)c1ccccc1C(=O)OCC(=O)Nc1cc(OC)cc(OC)c1. The fraction of sp³-hybridized carbons (Fsp3) is 0.211. The number of methoxy groups -OCH3 is 3. The standard InChI is InChI=1S/C19H19NO7/c1-24-13-8-12(9-14(10-13)25-2)20-17(21)11-27-19(23)16-7-5-4-6-15(16)18(22)26-3/h4-10H,11H2,1-3H3,(H,20,21). The number of nitrogens with one attached hydrogen (secondary N) is 1. The number of rotatable bonds is 7. The molecule has 2 rings (SSSR count). The van der Waals surface area contributed by atoms with E-state index in [1.165, 1.54) is 33.5 Å². The van der Waals surface area contributed by atoms with Gasteiger partial charge in [-0.25, -0.2) is 9.59 Å². The van der Waals surface area contributed by atoms with Crippen LogP contribution in [0.1, 0.15) is 20.7 Å². The second-order valence-corrected chi connectivity index (χ2v) is 5.26. The molecule has 0 spiro atoms. The van der Waals surface area contributed by atoms with Crippen LogP contribution in [0.4, 0.5) is 5.69 Å². The van der Waals surface area contributed by atoms with E-state index in [1.54, 1.807) is 30.3 Å². The third-order valence-corrected chi connectivity index (χ3v) is 3.52. The highest BCUT2D eigenvalue weighted by atomic mass is 16.5. The first-order valence-corrected chi connectivity index (χ1v) is 7.86. The van der Waals surface area contributed by atoms with Crippen LogP contribution in [-0.2, 0) is 14.3 Å². The molecule has 0 heterocycles. The molecule has 8 heteroatoms. The van der Waals surface area contributed by atoms with Gasteiger partial charge in [0.15, 0.2) is 6.61 Å². The maximum absolute atomic E-state index is 12.2. The Kier molecular flexibility index (Phi) is 6.76. The van der Waals surface area contributed by atoms with E-state index in [0.29, 0.717) is 17.2 Å². The number of hydrogen-bond donors (Lipinski definition) is 1. The first-order chi connectivity index (χ1) is 13.0. The number of amides is 1. The van der Waals surface area contributed by atoms with Crippen LogP contribution in [0.3, 0.4) is 0 Å². The van der Waals surface area contributed by atoms with Crippen LogP contribution in [0.2, 0.25) is 0 Å². The first-order valence-electron chi connectivity index (χ1n) is 7.86. The number of anilines is 1. The molecule has 0 radical (unpaired) electrons. The highest BCUT2D eigenvalue weighted by molar-refractivity contribution is 6.04.